The summed E-state index contributed by atoms with van der Waals surface area (Å²) in [5.41, 5.74) is 0.246. The Morgan fingerprint density at radius 3 is 2.94 bits per heavy atom. The molecule has 0 aromatic heterocycles. The molecule has 2 atom stereocenters. The molecule has 1 aliphatic heterocycles. The predicted molar refractivity (Wildman–Crippen MR) is 64.4 cm³/mol. The summed E-state index contributed by atoms with van der Waals surface area (Å²) >= 11 is 0. The average molecular weight is 227 g/mol. The van der Waals surface area contributed by atoms with Crippen LogP contribution < -0.4 is 5.32 Å². The highest BCUT2D eigenvalue weighted by molar-refractivity contribution is 4.96. The van der Waals surface area contributed by atoms with Crippen LogP contribution in [0.4, 0.5) is 0 Å². The van der Waals surface area contributed by atoms with Gasteiger partial charge in [-0.05, 0) is 51.0 Å². The second-order valence-corrected chi connectivity index (χ2v) is 5.60. The Labute approximate surface area is 98.6 Å². The van der Waals surface area contributed by atoms with Gasteiger partial charge in [0.1, 0.15) is 0 Å². The van der Waals surface area contributed by atoms with Crippen molar-refractivity contribution < 1.29 is 9.84 Å². The number of nitrogens with one attached hydrogen (secondary N) is 1. The van der Waals surface area contributed by atoms with Gasteiger partial charge in [-0.15, -0.1) is 0 Å². The Hall–Kier alpha value is -0.120. The molecule has 2 aliphatic rings. The van der Waals surface area contributed by atoms with Crippen LogP contribution in [0.5, 0.6) is 0 Å². The van der Waals surface area contributed by atoms with Crippen LogP contribution in [-0.2, 0) is 4.74 Å². The van der Waals surface area contributed by atoms with E-state index in [0.717, 1.165) is 26.0 Å². The van der Waals surface area contributed by atoms with Crippen LogP contribution in [0.25, 0.3) is 0 Å². The predicted octanol–water partition coefficient (Wildman–Crippen LogP) is 1.70. The van der Waals surface area contributed by atoms with Gasteiger partial charge in [0.2, 0.25) is 0 Å². The molecular weight excluding hydrogens is 202 g/mol. The normalized spacial score (nSPS) is 30.0. The van der Waals surface area contributed by atoms with Crippen LogP contribution in [-0.4, -0.2) is 36.5 Å². The lowest BCUT2D eigenvalue weighted by Gasteiger charge is -2.47. The van der Waals surface area contributed by atoms with E-state index in [9.17, 15) is 0 Å². The molecule has 3 nitrogen and oxygen atoms in total. The smallest absolute Gasteiger partial charge is 0.0697 e. The average Bonchev–Trinajstić information content (AvgIpc) is 2.25. The van der Waals surface area contributed by atoms with E-state index in [1.165, 1.54) is 25.7 Å². The van der Waals surface area contributed by atoms with Gasteiger partial charge < -0.3 is 15.2 Å². The first-order valence-corrected chi connectivity index (χ1v) is 6.72. The SMILES string of the molecule is CC(CCO)CNC1CCOC2(CCC2)C1. The van der Waals surface area contributed by atoms with E-state index in [1.54, 1.807) is 0 Å². The summed E-state index contributed by atoms with van der Waals surface area (Å²) in [6.45, 7) is 4.45. The molecule has 3 heteroatoms. The molecule has 1 aliphatic carbocycles. The molecule has 2 fully saturated rings. The van der Waals surface area contributed by atoms with Crippen molar-refractivity contribution in [3.05, 3.63) is 0 Å². The van der Waals surface area contributed by atoms with Crippen LogP contribution >= 0.6 is 0 Å². The van der Waals surface area contributed by atoms with Gasteiger partial charge in [0, 0.05) is 19.3 Å². The van der Waals surface area contributed by atoms with Gasteiger partial charge in [-0.3, -0.25) is 0 Å². The van der Waals surface area contributed by atoms with Crippen LogP contribution in [0.1, 0.15) is 45.4 Å². The molecule has 1 spiro atoms. The first-order chi connectivity index (χ1) is 7.74. The highest BCUT2D eigenvalue weighted by Crippen LogP contribution is 2.42. The van der Waals surface area contributed by atoms with E-state index in [1.807, 2.05) is 0 Å². The third-order valence-corrected chi connectivity index (χ3v) is 4.13. The molecule has 0 bridgehead atoms. The Morgan fingerprint density at radius 2 is 2.31 bits per heavy atom. The molecular formula is C13H25NO2. The molecule has 0 aromatic carbocycles. The molecule has 2 N–H and O–H groups in total. The lowest BCUT2D eigenvalue weighted by Crippen LogP contribution is -2.51. The van der Waals surface area contributed by atoms with Crippen molar-refractivity contribution in [3.63, 3.8) is 0 Å². The lowest BCUT2D eigenvalue weighted by molar-refractivity contribution is -0.135. The first-order valence-electron chi connectivity index (χ1n) is 6.72. The second-order valence-electron chi connectivity index (χ2n) is 5.60. The van der Waals surface area contributed by atoms with E-state index in [0.29, 0.717) is 18.6 Å². The van der Waals surface area contributed by atoms with Gasteiger partial charge in [-0.2, -0.15) is 0 Å². The zero-order chi connectivity index (χ0) is 11.4. The Morgan fingerprint density at radius 1 is 1.50 bits per heavy atom. The standard InChI is InChI=1S/C13H25NO2/c1-11(3-7-15)10-14-12-4-8-16-13(9-12)5-2-6-13/h11-12,14-15H,2-10H2,1H3. The Kier molecular flexibility index (Phi) is 4.22. The zero-order valence-corrected chi connectivity index (χ0v) is 10.4. The third kappa shape index (κ3) is 2.96. The Balaban J connectivity index is 1.69. The van der Waals surface area contributed by atoms with E-state index in [2.05, 4.69) is 12.2 Å². The van der Waals surface area contributed by atoms with Crippen LogP contribution in [0.15, 0.2) is 0 Å². The maximum absolute atomic E-state index is 8.86. The molecule has 16 heavy (non-hydrogen) atoms. The van der Waals surface area contributed by atoms with E-state index in [-0.39, 0.29) is 5.60 Å². The zero-order valence-electron chi connectivity index (χ0n) is 10.4. The minimum atomic E-state index is 0.246. The van der Waals surface area contributed by atoms with Gasteiger partial charge >= 0.3 is 0 Å². The maximum atomic E-state index is 8.86. The summed E-state index contributed by atoms with van der Waals surface area (Å²) in [6.07, 6.45) is 7.11. The number of aliphatic hydroxyl groups is 1. The van der Waals surface area contributed by atoms with Crippen molar-refractivity contribution in [1.82, 2.24) is 5.32 Å². The number of ether oxygens (including phenoxy) is 1. The van der Waals surface area contributed by atoms with Crippen LogP contribution in [0.3, 0.4) is 0 Å². The van der Waals surface area contributed by atoms with Crippen molar-refractivity contribution in [2.45, 2.75) is 57.1 Å². The van der Waals surface area contributed by atoms with Crippen molar-refractivity contribution in [2.75, 3.05) is 19.8 Å². The van der Waals surface area contributed by atoms with Crippen molar-refractivity contribution in [1.29, 1.82) is 0 Å². The minimum absolute atomic E-state index is 0.246. The summed E-state index contributed by atoms with van der Waals surface area (Å²) in [5, 5.41) is 12.5. The number of aliphatic hydroxyl groups excluding tert-OH is 1. The molecule has 0 aromatic rings. The van der Waals surface area contributed by atoms with Gasteiger partial charge in [-0.25, -0.2) is 0 Å². The largest absolute Gasteiger partial charge is 0.396 e. The van der Waals surface area contributed by atoms with Gasteiger partial charge in [0.25, 0.3) is 0 Å². The van der Waals surface area contributed by atoms with E-state index >= 15 is 0 Å². The molecule has 1 saturated heterocycles. The minimum Gasteiger partial charge on any atom is -0.396 e. The summed E-state index contributed by atoms with van der Waals surface area (Å²) in [4.78, 5) is 0. The van der Waals surface area contributed by atoms with Gasteiger partial charge in [0.15, 0.2) is 0 Å². The van der Waals surface area contributed by atoms with E-state index < -0.39 is 0 Å². The quantitative estimate of drug-likeness (QED) is 0.751. The van der Waals surface area contributed by atoms with Crippen LogP contribution in [0.2, 0.25) is 0 Å². The maximum Gasteiger partial charge on any atom is 0.0697 e. The molecule has 2 unspecified atom stereocenters. The second kappa shape index (κ2) is 5.48. The highest BCUT2D eigenvalue weighted by atomic mass is 16.5. The number of rotatable bonds is 5. The van der Waals surface area contributed by atoms with Crippen molar-refractivity contribution >= 4 is 0 Å². The Bertz CT molecular complexity index is 216. The summed E-state index contributed by atoms with van der Waals surface area (Å²) < 4.78 is 5.91. The summed E-state index contributed by atoms with van der Waals surface area (Å²) in [5.74, 6) is 0.574. The lowest BCUT2D eigenvalue weighted by atomic mass is 9.74. The monoisotopic (exact) mass is 227 g/mol. The molecule has 0 radical (unpaired) electrons. The molecule has 2 rings (SSSR count). The molecule has 1 heterocycles. The number of hydrogen-bond donors (Lipinski definition) is 2. The molecule has 1 saturated carbocycles. The van der Waals surface area contributed by atoms with Gasteiger partial charge in [-0.1, -0.05) is 6.92 Å². The fraction of sp³-hybridized carbons (Fsp3) is 1.00. The summed E-state index contributed by atoms with van der Waals surface area (Å²) in [6, 6.07) is 0.634. The van der Waals surface area contributed by atoms with Gasteiger partial charge in [0.05, 0.1) is 5.60 Å². The summed E-state index contributed by atoms with van der Waals surface area (Å²) in [7, 11) is 0. The topological polar surface area (TPSA) is 41.5 Å². The highest BCUT2D eigenvalue weighted by Gasteiger charge is 2.42. The van der Waals surface area contributed by atoms with E-state index in [4.69, 9.17) is 9.84 Å². The molecule has 0 amide bonds. The van der Waals surface area contributed by atoms with Crippen LogP contribution in [0, 0.1) is 5.92 Å². The number of hydrogen-bond acceptors (Lipinski definition) is 3. The fourth-order valence-corrected chi connectivity index (χ4v) is 2.81. The van der Waals surface area contributed by atoms with Crippen molar-refractivity contribution in [2.24, 2.45) is 5.92 Å². The third-order valence-electron chi connectivity index (χ3n) is 4.13. The van der Waals surface area contributed by atoms with Crippen molar-refractivity contribution in [3.8, 4) is 0 Å². The fourth-order valence-electron chi connectivity index (χ4n) is 2.81. The first kappa shape index (κ1) is 12.3. The molecule has 94 valence electrons.